The smallest absolute Gasteiger partial charge is 0.496 e. The molecule has 0 aliphatic carbocycles. The van der Waals surface area contributed by atoms with Crippen molar-refractivity contribution >= 4 is 17.7 Å². The maximum Gasteiger partial charge on any atom is 0.573 e. The molecule has 1 amide bonds. The summed E-state index contributed by atoms with van der Waals surface area (Å²) in [6.07, 6.45) is -1.83. The van der Waals surface area contributed by atoms with E-state index in [4.69, 9.17) is 4.74 Å². The van der Waals surface area contributed by atoms with Crippen LogP contribution < -0.4 is 14.8 Å². The van der Waals surface area contributed by atoms with Crippen molar-refractivity contribution in [2.45, 2.75) is 13.3 Å². The van der Waals surface area contributed by atoms with E-state index in [0.29, 0.717) is 11.4 Å². The fourth-order valence-corrected chi connectivity index (χ4v) is 2.07. The highest BCUT2D eigenvalue weighted by Crippen LogP contribution is 2.24. The fourth-order valence-electron chi connectivity index (χ4n) is 2.07. The van der Waals surface area contributed by atoms with Crippen LogP contribution in [0.1, 0.15) is 11.1 Å². The lowest BCUT2D eigenvalue weighted by Crippen LogP contribution is -2.17. The Hall–Kier alpha value is -2.96. The van der Waals surface area contributed by atoms with Gasteiger partial charge in [-0.2, -0.15) is 0 Å². The molecule has 2 aromatic rings. The number of amides is 1. The normalized spacial score (nSPS) is 11.4. The van der Waals surface area contributed by atoms with Crippen LogP contribution in [0.25, 0.3) is 6.08 Å². The Kier molecular flexibility index (Phi) is 5.69. The van der Waals surface area contributed by atoms with E-state index < -0.39 is 12.3 Å². The minimum atomic E-state index is -4.75. The third-order valence-corrected chi connectivity index (χ3v) is 3.15. The Morgan fingerprint density at radius 1 is 1.12 bits per heavy atom. The number of hydrogen-bond donors (Lipinski definition) is 1. The van der Waals surface area contributed by atoms with E-state index in [1.807, 2.05) is 19.1 Å². The van der Waals surface area contributed by atoms with Gasteiger partial charge in [0.25, 0.3) is 0 Å². The Labute approximate surface area is 142 Å². The molecule has 2 rings (SSSR count). The molecule has 0 radical (unpaired) electrons. The van der Waals surface area contributed by atoms with Gasteiger partial charge in [0.2, 0.25) is 5.91 Å². The zero-order valence-electron chi connectivity index (χ0n) is 13.6. The maximum atomic E-state index is 12.1. The lowest BCUT2D eigenvalue weighted by Gasteiger charge is -2.09. The monoisotopic (exact) mass is 351 g/mol. The molecular formula is C18H16F3NO3. The SMILES string of the molecule is COc1ccc(C)cc1/C=C/C(=O)Nc1ccc(OC(F)(F)F)cc1. The minimum absolute atomic E-state index is 0.348. The molecule has 0 heterocycles. The molecule has 2 aromatic carbocycles. The lowest BCUT2D eigenvalue weighted by atomic mass is 10.1. The highest BCUT2D eigenvalue weighted by atomic mass is 19.4. The minimum Gasteiger partial charge on any atom is -0.496 e. The average Bonchev–Trinajstić information content (AvgIpc) is 2.53. The predicted octanol–water partition coefficient (Wildman–Crippen LogP) is 4.55. The van der Waals surface area contributed by atoms with E-state index >= 15 is 0 Å². The highest BCUT2D eigenvalue weighted by molar-refractivity contribution is 6.02. The summed E-state index contributed by atoms with van der Waals surface area (Å²) in [4.78, 5) is 11.9. The molecule has 1 N–H and O–H groups in total. The van der Waals surface area contributed by atoms with E-state index in [0.717, 1.165) is 23.3 Å². The Morgan fingerprint density at radius 3 is 2.40 bits per heavy atom. The van der Waals surface area contributed by atoms with Crippen molar-refractivity contribution in [3.63, 3.8) is 0 Å². The average molecular weight is 351 g/mol. The molecule has 0 saturated carbocycles. The van der Waals surface area contributed by atoms with Gasteiger partial charge in [-0.25, -0.2) is 0 Å². The third kappa shape index (κ3) is 5.87. The number of aryl methyl sites for hydroxylation is 1. The number of methoxy groups -OCH3 is 1. The summed E-state index contributed by atoms with van der Waals surface area (Å²) in [5.41, 5.74) is 2.10. The van der Waals surface area contributed by atoms with Gasteiger partial charge in [0, 0.05) is 17.3 Å². The molecule has 25 heavy (non-hydrogen) atoms. The van der Waals surface area contributed by atoms with Crippen LogP contribution in [0.4, 0.5) is 18.9 Å². The number of nitrogens with one attached hydrogen (secondary N) is 1. The first-order chi connectivity index (χ1) is 11.8. The number of benzene rings is 2. The van der Waals surface area contributed by atoms with E-state index in [-0.39, 0.29) is 5.75 Å². The van der Waals surface area contributed by atoms with Gasteiger partial charge in [0.1, 0.15) is 11.5 Å². The summed E-state index contributed by atoms with van der Waals surface area (Å²) in [6.45, 7) is 1.92. The van der Waals surface area contributed by atoms with E-state index in [9.17, 15) is 18.0 Å². The number of alkyl halides is 3. The first-order valence-electron chi connectivity index (χ1n) is 7.26. The highest BCUT2D eigenvalue weighted by Gasteiger charge is 2.30. The second-order valence-electron chi connectivity index (χ2n) is 5.14. The van der Waals surface area contributed by atoms with Crippen LogP contribution in [0.3, 0.4) is 0 Å². The van der Waals surface area contributed by atoms with E-state index in [1.165, 1.54) is 25.3 Å². The van der Waals surface area contributed by atoms with Gasteiger partial charge in [-0.1, -0.05) is 11.6 Å². The summed E-state index contributed by atoms with van der Waals surface area (Å²) >= 11 is 0. The lowest BCUT2D eigenvalue weighted by molar-refractivity contribution is -0.274. The van der Waals surface area contributed by atoms with Crippen LogP contribution in [0, 0.1) is 6.92 Å². The van der Waals surface area contributed by atoms with Crippen LogP contribution in [0.5, 0.6) is 11.5 Å². The quantitative estimate of drug-likeness (QED) is 0.804. The fraction of sp³-hybridized carbons (Fsp3) is 0.167. The standard InChI is InChI=1S/C18H16F3NO3/c1-12-3-9-16(24-2)13(11-12)4-10-17(23)22-14-5-7-15(8-6-14)25-18(19,20)21/h3-11H,1-2H3,(H,22,23)/b10-4+. The molecule has 0 aliphatic rings. The second-order valence-corrected chi connectivity index (χ2v) is 5.14. The van der Waals surface area contributed by atoms with Crippen LogP contribution in [-0.4, -0.2) is 19.4 Å². The molecule has 0 unspecified atom stereocenters. The van der Waals surface area contributed by atoms with Crippen molar-refractivity contribution in [2.75, 3.05) is 12.4 Å². The predicted molar refractivity (Wildman–Crippen MR) is 88.5 cm³/mol. The Bertz CT molecular complexity index is 768. The van der Waals surface area contributed by atoms with Gasteiger partial charge >= 0.3 is 6.36 Å². The van der Waals surface area contributed by atoms with Gasteiger partial charge in [-0.3, -0.25) is 4.79 Å². The number of halogens is 3. The number of carbonyl (C=O) groups is 1. The molecule has 0 bridgehead atoms. The first-order valence-corrected chi connectivity index (χ1v) is 7.26. The second kappa shape index (κ2) is 7.74. The molecule has 0 saturated heterocycles. The summed E-state index contributed by atoms with van der Waals surface area (Å²) in [5, 5.41) is 2.55. The molecule has 7 heteroatoms. The van der Waals surface area contributed by atoms with Crippen molar-refractivity contribution < 1.29 is 27.4 Å². The molecule has 0 atom stereocenters. The molecule has 0 fully saturated rings. The Balaban J connectivity index is 2.02. The number of ether oxygens (including phenoxy) is 2. The van der Waals surface area contributed by atoms with Crippen molar-refractivity contribution in [1.82, 2.24) is 0 Å². The number of carbonyl (C=O) groups excluding carboxylic acids is 1. The van der Waals surface area contributed by atoms with Gasteiger partial charge in [-0.05, 0) is 49.4 Å². The van der Waals surface area contributed by atoms with Gasteiger partial charge in [-0.15, -0.1) is 13.2 Å². The van der Waals surface area contributed by atoms with Crippen LogP contribution in [0.2, 0.25) is 0 Å². The van der Waals surface area contributed by atoms with Crippen molar-refractivity contribution in [3.8, 4) is 11.5 Å². The Morgan fingerprint density at radius 2 is 1.80 bits per heavy atom. The summed E-state index contributed by atoms with van der Waals surface area (Å²) < 4.78 is 45.3. The van der Waals surface area contributed by atoms with Gasteiger partial charge < -0.3 is 14.8 Å². The van der Waals surface area contributed by atoms with E-state index in [2.05, 4.69) is 10.1 Å². The van der Waals surface area contributed by atoms with Crippen LogP contribution >= 0.6 is 0 Å². The topological polar surface area (TPSA) is 47.6 Å². The van der Waals surface area contributed by atoms with Crippen LogP contribution in [-0.2, 0) is 4.79 Å². The zero-order chi connectivity index (χ0) is 18.4. The zero-order valence-corrected chi connectivity index (χ0v) is 13.6. The first kappa shape index (κ1) is 18.4. The molecular weight excluding hydrogens is 335 g/mol. The molecule has 4 nitrogen and oxygen atoms in total. The largest absolute Gasteiger partial charge is 0.573 e. The summed E-state index contributed by atoms with van der Waals surface area (Å²) in [7, 11) is 1.53. The summed E-state index contributed by atoms with van der Waals surface area (Å²) in [5.74, 6) is -0.151. The molecule has 132 valence electrons. The number of anilines is 1. The number of hydrogen-bond acceptors (Lipinski definition) is 3. The molecule has 0 spiro atoms. The van der Waals surface area contributed by atoms with E-state index in [1.54, 1.807) is 12.1 Å². The van der Waals surface area contributed by atoms with Gasteiger partial charge in [0.15, 0.2) is 0 Å². The maximum absolute atomic E-state index is 12.1. The van der Waals surface area contributed by atoms with Crippen molar-refractivity contribution in [1.29, 1.82) is 0 Å². The molecule has 0 aliphatic heterocycles. The van der Waals surface area contributed by atoms with Crippen LogP contribution in [0.15, 0.2) is 48.5 Å². The third-order valence-electron chi connectivity index (χ3n) is 3.15. The van der Waals surface area contributed by atoms with Gasteiger partial charge in [0.05, 0.1) is 7.11 Å². The van der Waals surface area contributed by atoms with Crippen molar-refractivity contribution in [2.24, 2.45) is 0 Å². The molecule has 0 aromatic heterocycles. The number of rotatable bonds is 5. The summed E-state index contributed by atoms with van der Waals surface area (Å²) in [6, 6.07) is 10.4. The van der Waals surface area contributed by atoms with Crippen molar-refractivity contribution in [3.05, 3.63) is 59.7 Å².